The Morgan fingerprint density at radius 3 is 2.78 bits per heavy atom. The lowest BCUT2D eigenvalue weighted by Crippen LogP contribution is -2.56. The van der Waals surface area contributed by atoms with Crippen LogP contribution < -0.4 is 4.74 Å². The monoisotopic (exact) mass is 290 g/mol. The molecule has 0 bridgehead atoms. The normalized spacial score (nSPS) is 17.4. The number of halogens is 1. The van der Waals surface area contributed by atoms with Crippen molar-refractivity contribution in [2.45, 2.75) is 19.4 Å². The summed E-state index contributed by atoms with van der Waals surface area (Å²) in [4.78, 5) is 4.00. The molecular formula is C11H15ClN2O3S. The molecule has 0 N–H and O–H groups in total. The van der Waals surface area contributed by atoms with Gasteiger partial charge in [0.15, 0.2) is 0 Å². The molecule has 1 aliphatic heterocycles. The van der Waals surface area contributed by atoms with Gasteiger partial charge in [0, 0.05) is 12.3 Å². The number of pyridine rings is 1. The summed E-state index contributed by atoms with van der Waals surface area (Å²) in [5, 5.41) is 0.545. The molecule has 18 heavy (non-hydrogen) atoms. The highest BCUT2D eigenvalue weighted by Gasteiger charge is 2.36. The van der Waals surface area contributed by atoms with Gasteiger partial charge in [-0.25, -0.2) is 13.4 Å². The van der Waals surface area contributed by atoms with Crippen molar-refractivity contribution in [3.8, 4) is 5.88 Å². The van der Waals surface area contributed by atoms with E-state index in [0.29, 0.717) is 30.4 Å². The Morgan fingerprint density at radius 2 is 2.22 bits per heavy atom. The molecule has 0 radical (unpaired) electrons. The third kappa shape index (κ3) is 3.13. The van der Waals surface area contributed by atoms with Crippen molar-refractivity contribution in [3.05, 3.63) is 23.4 Å². The van der Waals surface area contributed by atoms with E-state index in [4.69, 9.17) is 16.3 Å². The highest BCUT2D eigenvalue weighted by molar-refractivity contribution is 7.89. The third-order valence-corrected chi connectivity index (χ3v) is 4.89. The molecule has 1 saturated heterocycles. The minimum atomic E-state index is -3.09. The Balaban J connectivity index is 1.85. The van der Waals surface area contributed by atoms with Crippen molar-refractivity contribution in [3.63, 3.8) is 0 Å². The maximum atomic E-state index is 11.7. The number of hydrogen-bond donors (Lipinski definition) is 0. The van der Waals surface area contributed by atoms with E-state index in [1.54, 1.807) is 12.1 Å². The van der Waals surface area contributed by atoms with Crippen LogP contribution in [0.4, 0.5) is 0 Å². The Morgan fingerprint density at radius 1 is 1.50 bits per heavy atom. The number of rotatable bonds is 5. The second kappa shape index (κ2) is 5.42. The molecule has 1 fully saturated rings. The molecule has 2 heterocycles. The summed E-state index contributed by atoms with van der Waals surface area (Å²) < 4.78 is 30.4. The zero-order chi connectivity index (χ0) is 13.2. The van der Waals surface area contributed by atoms with Gasteiger partial charge in [-0.1, -0.05) is 18.5 Å². The first-order chi connectivity index (χ1) is 8.51. The van der Waals surface area contributed by atoms with Crippen molar-refractivity contribution in [2.24, 2.45) is 0 Å². The predicted molar refractivity (Wildman–Crippen MR) is 69.3 cm³/mol. The second-order valence-electron chi connectivity index (χ2n) is 4.19. The van der Waals surface area contributed by atoms with Gasteiger partial charge in [0.25, 0.3) is 0 Å². The van der Waals surface area contributed by atoms with Crippen LogP contribution in [-0.2, 0) is 10.0 Å². The first kappa shape index (κ1) is 13.6. The summed E-state index contributed by atoms with van der Waals surface area (Å²) in [6.07, 6.45) is 2.01. The SMILES string of the molecule is CCCS(=O)(=O)N1CC(Oc2ccc(Cl)cn2)C1. The van der Waals surface area contributed by atoms with Crippen molar-refractivity contribution < 1.29 is 13.2 Å². The summed E-state index contributed by atoms with van der Waals surface area (Å²) in [7, 11) is -3.09. The van der Waals surface area contributed by atoms with Gasteiger partial charge in [-0.05, 0) is 12.5 Å². The van der Waals surface area contributed by atoms with Gasteiger partial charge in [0.1, 0.15) is 6.10 Å². The van der Waals surface area contributed by atoms with Crippen LogP contribution in [0.3, 0.4) is 0 Å². The molecule has 0 saturated carbocycles. The average Bonchev–Trinajstić information content (AvgIpc) is 2.25. The smallest absolute Gasteiger partial charge is 0.214 e. The maximum absolute atomic E-state index is 11.7. The Labute approximate surface area is 112 Å². The van der Waals surface area contributed by atoms with E-state index < -0.39 is 10.0 Å². The molecule has 0 aliphatic carbocycles. The zero-order valence-electron chi connectivity index (χ0n) is 10.0. The fourth-order valence-corrected chi connectivity index (χ4v) is 3.36. The molecule has 1 aliphatic rings. The molecule has 0 amide bonds. The topological polar surface area (TPSA) is 59.5 Å². The molecule has 0 aromatic carbocycles. The third-order valence-electron chi connectivity index (χ3n) is 2.66. The van der Waals surface area contributed by atoms with E-state index in [2.05, 4.69) is 4.98 Å². The minimum absolute atomic E-state index is 0.120. The fraction of sp³-hybridized carbons (Fsp3) is 0.545. The van der Waals surface area contributed by atoms with Crippen LogP contribution in [0.5, 0.6) is 5.88 Å². The first-order valence-corrected chi connectivity index (χ1v) is 7.76. The quantitative estimate of drug-likeness (QED) is 0.825. The lowest BCUT2D eigenvalue weighted by Gasteiger charge is -2.37. The van der Waals surface area contributed by atoms with Crippen LogP contribution >= 0.6 is 11.6 Å². The van der Waals surface area contributed by atoms with E-state index in [-0.39, 0.29) is 11.9 Å². The molecule has 7 heteroatoms. The summed E-state index contributed by atoms with van der Waals surface area (Å²) in [6, 6.07) is 3.36. The van der Waals surface area contributed by atoms with Crippen molar-refractivity contribution in [1.82, 2.24) is 9.29 Å². The molecule has 2 rings (SSSR count). The van der Waals surface area contributed by atoms with E-state index in [9.17, 15) is 8.42 Å². The predicted octanol–water partition coefficient (Wildman–Crippen LogP) is 1.54. The first-order valence-electron chi connectivity index (χ1n) is 5.77. The largest absolute Gasteiger partial charge is 0.472 e. The zero-order valence-corrected chi connectivity index (χ0v) is 11.6. The lowest BCUT2D eigenvalue weighted by molar-refractivity contribution is 0.0721. The fourth-order valence-electron chi connectivity index (χ4n) is 1.69. The molecule has 0 spiro atoms. The molecular weight excluding hydrogens is 276 g/mol. The molecule has 0 unspecified atom stereocenters. The molecule has 0 atom stereocenters. The van der Waals surface area contributed by atoms with E-state index in [1.807, 2.05) is 6.92 Å². The number of ether oxygens (including phenoxy) is 1. The van der Waals surface area contributed by atoms with Crippen molar-refractivity contribution in [2.75, 3.05) is 18.8 Å². The summed E-state index contributed by atoms with van der Waals surface area (Å²) in [5.41, 5.74) is 0. The standard InChI is InChI=1S/C11H15ClN2O3S/c1-2-5-18(15,16)14-7-10(8-14)17-11-4-3-9(12)6-13-11/h3-4,6,10H,2,5,7-8H2,1H3. The Kier molecular flexibility index (Phi) is 4.09. The van der Waals surface area contributed by atoms with E-state index in [0.717, 1.165) is 0 Å². The van der Waals surface area contributed by atoms with Gasteiger partial charge in [-0.3, -0.25) is 0 Å². The summed E-state index contributed by atoms with van der Waals surface area (Å²) >= 11 is 5.71. The van der Waals surface area contributed by atoms with Crippen LogP contribution in [0.25, 0.3) is 0 Å². The average molecular weight is 291 g/mol. The van der Waals surface area contributed by atoms with Gasteiger partial charge in [0.2, 0.25) is 15.9 Å². The molecule has 100 valence electrons. The number of hydrogen-bond acceptors (Lipinski definition) is 4. The number of sulfonamides is 1. The number of aromatic nitrogens is 1. The lowest BCUT2D eigenvalue weighted by atomic mass is 10.2. The van der Waals surface area contributed by atoms with Crippen molar-refractivity contribution in [1.29, 1.82) is 0 Å². The van der Waals surface area contributed by atoms with Crippen LogP contribution in [0.2, 0.25) is 5.02 Å². The summed E-state index contributed by atoms with van der Waals surface area (Å²) in [6.45, 7) is 2.64. The van der Waals surface area contributed by atoms with E-state index in [1.165, 1.54) is 10.5 Å². The highest BCUT2D eigenvalue weighted by Crippen LogP contribution is 2.20. The molecule has 1 aromatic heterocycles. The Hall–Kier alpha value is -0.850. The van der Waals surface area contributed by atoms with Gasteiger partial charge in [-0.2, -0.15) is 4.31 Å². The van der Waals surface area contributed by atoms with Crippen LogP contribution in [-0.4, -0.2) is 42.7 Å². The minimum Gasteiger partial charge on any atom is -0.472 e. The molecule has 5 nitrogen and oxygen atoms in total. The van der Waals surface area contributed by atoms with Gasteiger partial charge in [-0.15, -0.1) is 0 Å². The number of nitrogens with zero attached hydrogens (tertiary/aromatic N) is 2. The van der Waals surface area contributed by atoms with Gasteiger partial charge < -0.3 is 4.74 Å². The summed E-state index contributed by atoms with van der Waals surface area (Å²) in [5.74, 6) is 0.663. The highest BCUT2D eigenvalue weighted by atomic mass is 35.5. The van der Waals surface area contributed by atoms with Crippen LogP contribution in [0.1, 0.15) is 13.3 Å². The molecule has 1 aromatic rings. The van der Waals surface area contributed by atoms with Gasteiger partial charge >= 0.3 is 0 Å². The maximum Gasteiger partial charge on any atom is 0.214 e. The second-order valence-corrected chi connectivity index (χ2v) is 6.71. The van der Waals surface area contributed by atoms with Crippen LogP contribution in [0, 0.1) is 0 Å². The van der Waals surface area contributed by atoms with Crippen molar-refractivity contribution >= 4 is 21.6 Å². The Bertz CT molecular complexity index is 498. The van der Waals surface area contributed by atoms with Gasteiger partial charge in [0.05, 0.1) is 23.9 Å². The van der Waals surface area contributed by atoms with Crippen LogP contribution in [0.15, 0.2) is 18.3 Å². The van der Waals surface area contributed by atoms with E-state index >= 15 is 0 Å².